The van der Waals surface area contributed by atoms with Crippen LogP contribution < -0.4 is 0 Å². The van der Waals surface area contributed by atoms with Crippen LogP contribution in [-0.4, -0.2) is 35.7 Å². The summed E-state index contributed by atoms with van der Waals surface area (Å²) in [5.41, 5.74) is 1.09. The Labute approximate surface area is 139 Å². The van der Waals surface area contributed by atoms with Gasteiger partial charge in [0.2, 0.25) is 0 Å². The predicted molar refractivity (Wildman–Crippen MR) is 88.7 cm³/mol. The van der Waals surface area contributed by atoms with Gasteiger partial charge in [-0.25, -0.2) is 9.18 Å². The van der Waals surface area contributed by atoms with Gasteiger partial charge in [0.05, 0.1) is 12.1 Å². The maximum absolute atomic E-state index is 13.4. The van der Waals surface area contributed by atoms with E-state index in [2.05, 4.69) is 22.2 Å². The Morgan fingerprint density at radius 3 is 2.88 bits per heavy atom. The summed E-state index contributed by atoms with van der Waals surface area (Å²) in [6, 6.07) is 4.27. The predicted octanol–water partition coefficient (Wildman–Crippen LogP) is 4.21. The fraction of sp³-hybridized carbons (Fsp3) is 0.471. The third-order valence-electron chi connectivity index (χ3n) is 4.24. The first kappa shape index (κ1) is 16.4. The van der Waals surface area contributed by atoms with Crippen molar-refractivity contribution in [1.82, 2.24) is 9.99 Å². The number of halogens is 1. The Morgan fingerprint density at radius 2 is 2.17 bits per heavy atom. The van der Waals surface area contributed by atoms with Crippen LogP contribution in [-0.2, 0) is 4.74 Å². The molecular formula is C17H21FN4O2. The molecule has 0 aliphatic carbocycles. The minimum atomic E-state index is -0.518. The number of piperidine rings is 1. The van der Waals surface area contributed by atoms with Crippen LogP contribution in [0.1, 0.15) is 37.2 Å². The number of H-pyrrole nitrogens is 1. The van der Waals surface area contributed by atoms with Gasteiger partial charge in [0.25, 0.3) is 0 Å². The summed E-state index contributed by atoms with van der Waals surface area (Å²) in [6.07, 6.45) is 2.14. The van der Waals surface area contributed by atoms with E-state index in [0.29, 0.717) is 22.5 Å². The molecule has 1 aliphatic heterocycles. The second-order valence-corrected chi connectivity index (χ2v) is 6.08. The van der Waals surface area contributed by atoms with Crippen molar-refractivity contribution in [2.45, 2.75) is 26.7 Å². The average molecular weight is 332 g/mol. The molecule has 1 aromatic carbocycles. The molecule has 2 aromatic rings. The Bertz CT molecular complexity index is 763. The molecule has 3 rings (SSSR count). The van der Waals surface area contributed by atoms with Crippen molar-refractivity contribution in [2.24, 2.45) is 16.3 Å². The fourth-order valence-corrected chi connectivity index (χ4v) is 2.80. The molecule has 1 fully saturated rings. The molecule has 0 saturated carbocycles. The largest absolute Gasteiger partial charge is 0.461 e. The van der Waals surface area contributed by atoms with Gasteiger partial charge in [-0.1, -0.05) is 12.1 Å². The number of rotatable bonds is 4. The SMILES string of the molecule is CCOC(=O)c1[nH]c2cc(F)ccc2c1N=NN1CCC(C)CC1. The number of aromatic amines is 1. The molecule has 1 saturated heterocycles. The number of benzene rings is 1. The lowest BCUT2D eigenvalue weighted by molar-refractivity contribution is 0.0521. The highest BCUT2D eigenvalue weighted by atomic mass is 19.1. The van der Waals surface area contributed by atoms with Crippen molar-refractivity contribution in [2.75, 3.05) is 19.7 Å². The monoisotopic (exact) mass is 332 g/mol. The average Bonchev–Trinajstić information content (AvgIpc) is 2.92. The van der Waals surface area contributed by atoms with E-state index in [-0.39, 0.29) is 18.1 Å². The van der Waals surface area contributed by atoms with Crippen LogP contribution >= 0.6 is 0 Å². The number of nitrogens with one attached hydrogen (secondary N) is 1. The Balaban J connectivity index is 1.94. The number of aromatic nitrogens is 1. The van der Waals surface area contributed by atoms with Crippen LogP contribution in [0.5, 0.6) is 0 Å². The maximum atomic E-state index is 13.4. The van der Waals surface area contributed by atoms with Crippen molar-refractivity contribution < 1.29 is 13.9 Å². The minimum Gasteiger partial charge on any atom is -0.461 e. The van der Waals surface area contributed by atoms with Gasteiger partial charge in [-0.15, -0.1) is 5.11 Å². The molecule has 24 heavy (non-hydrogen) atoms. The first-order chi connectivity index (χ1) is 11.6. The highest BCUT2D eigenvalue weighted by Crippen LogP contribution is 2.32. The number of ether oxygens (including phenoxy) is 1. The highest BCUT2D eigenvalue weighted by molar-refractivity contribution is 6.04. The highest BCUT2D eigenvalue weighted by Gasteiger charge is 2.20. The summed E-state index contributed by atoms with van der Waals surface area (Å²) >= 11 is 0. The minimum absolute atomic E-state index is 0.201. The molecule has 2 heterocycles. The summed E-state index contributed by atoms with van der Waals surface area (Å²) in [5.74, 6) is -0.203. The summed E-state index contributed by atoms with van der Waals surface area (Å²) in [7, 11) is 0. The van der Waals surface area contributed by atoms with Gasteiger partial charge < -0.3 is 9.72 Å². The molecule has 0 radical (unpaired) electrons. The number of carbonyl (C=O) groups is 1. The number of hydrogen-bond donors (Lipinski definition) is 1. The van der Waals surface area contributed by atoms with E-state index < -0.39 is 5.97 Å². The normalized spacial score (nSPS) is 16.2. The first-order valence-electron chi connectivity index (χ1n) is 8.23. The van der Waals surface area contributed by atoms with Gasteiger partial charge in [-0.2, -0.15) is 0 Å². The molecule has 7 heteroatoms. The van der Waals surface area contributed by atoms with E-state index in [0.717, 1.165) is 25.9 Å². The van der Waals surface area contributed by atoms with Gasteiger partial charge >= 0.3 is 5.97 Å². The lowest BCUT2D eigenvalue weighted by Crippen LogP contribution is -2.28. The van der Waals surface area contributed by atoms with Gasteiger partial charge in [0.1, 0.15) is 11.5 Å². The summed E-state index contributed by atoms with van der Waals surface area (Å²) in [4.78, 5) is 15.0. The Kier molecular flexibility index (Phi) is 4.78. The summed E-state index contributed by atoms with van der Waals surface area (Å²) in [5, 5.41) is 11.1. The zero-order chi connectivity index (χ0) is 17.1. The second-order valence-electron chi connectivity index (χ2n) is 6.08. The summed E-state index contributed by atoms with van der Waals surface area (Å²) < 4.78 is 18.5. The zero-order valence-corrected chi connectivity index (χ0v) is 13.9. The molecular weight excluding hydrogens is 311 g/mol. The van der Waals surface area contributed by atoms with Gasteiger partial charge in [-0.05, 0) is 43.9 Å². The molecule has 128 valence electrons. The fourth-order valence-electron chi connectivity index (χ4n) is 2.80. The number of esters is 1. The van der Waals surface area contributed by atoms with Crippen molar-refractivity contribution >= 4 is 22.6 Å². The van der Waals surface area contributed by atoms with Crippen LogP contribution in [0, 0.1) is 11.7 Å². The van der Waals surface area contributed by atoms with Crippen LogP contribution in [0.2, 0.25) is 0 Å². The van der Waals surface area contributed by atoms with Gasteiger partial charge in [-0.3, -0.25) is 5.01 Å². The number of carbonyl (C=O) groups excluding carboxylic acids is 1. The van der Waals surface area contributed by atoms with E-state index in [1.165, 1.54) is 12.1 Å². The number of nitrogens with zero attached hydrogens (tertiary/aromatic N) is 3. The smallest absolute Gasteiger partial charge is 0.357 e. The third-order valence-corrected chi connectivity index (χ3v) is 4.24. The van der Waals surface area contributed by atoms with E-state index in [9.17, 15) is 9.18 Å². The van der Waals surface area contributed by atoms with Gasteiger partial charge in [0, 0.05) is 18.5 Å². The molecule has 1 aromatic heterocycles. The van der Waals surface area contributed by atoms with E-state index in [1.54, 1.807) is 13.0 Å². The number of hydrogen-bond acceptors (Lipinski definition) is 4. The lowest BCUT2D eigenvalue weighted by Gasteiger charge is -2.26. The zero-order valence-electron chi connectivity index (χ0n) is 13.9. The van der Waals surface area contributed by atoms with Crippen LogP contribution in [0.25, 0.3) is 10.9 Å². The van der Waals surface area contributed by atoms with E-state index >= 15 is 0 Å². The van der Waals surface area contributed by atoms with Crippen LogP contribution in [0.4, 0.5) is 10.1 Å². The second kappa shape index (κ2) is 6.98. The van der Waals surface area contributed by atoms with Gasteiger partial charge in [0.15, 0.2) is 5.69 Å². The Morgan fingerprint density at radius 1 is 1.42 bits per heavy atom. The third kappa shape index (κ3) is 3.39. The van der Waals surface area contributed by atoms with Crippen LogP contribution in [0.3, 0.4) is 0 Å². The maximum Gasteiger partial charge on any atom is 0.357 e. The quantitative estimate of drug-likeness (QED) is 0.673. The number of fused-ring (bicyclic) bond motifs is 1. The molecule has 0 bridgehead atoms. The van der Waals surface area contributed by atoms with E-state index in [4.69, 9.17) is 4.74 Å². The van der Waals surface area contributed by atoms with Crippen LogP contribution in [0.15, 0.2) is 28.5 Å². The molecule has 1 N–H and O–H groups in total. The van der Waals surface area contributed by atoms with Crippen molar-refractivity contribution in [3.63, 3.8) is 0 Å². The van der Waals surface area contributed by atoms with E-state index in [1.807, 2.05) is 5.01 Å². The van der Waals surface area contributed by atoms with Crippen molar-refractivity contribution in [1.29, 1.82) is 0 Å². The molecule has 0 spiro atoms. The molecule has 6 nitrogen and oxygen atoms in total. The Hall–Kier alpha value is -2.44. The molecule has 0 unspecified atom stereocenters. The lowest BCUT2D eigenvalue weighted by atomic mass is 10.0. The molecule has 0 amide bonds. The standard InChI is InChI=1S/C17H21FN4O2/c1-3-24-17(23)16-15(13-5-4-12(18)10-14(13)19-16)20-21-22-8-6-11(2)7-9-22/h4-5,10-11,19H,3,6-9H2,1-2H3. The molecule has 1 aliphatic rings. The van der Waals surface area contributed by atoms with Crippen molar-refractivity contribution in [3.8, 4) is 0 Å². The summed E-state index contributed by atoms with van der Waals surface area (Å²) in [6.45, 7) is 5.90. The molecule has 0 atom stereocenters. The first-order valence-corrected chi connectivity index (χ1v) is 8.23. The topological polar surface area (TPSA) is 70.0 Å². The van der Waals surface area contributed by atoms with Crippen molar-refractivity contribution in [3.05, 3.63) is 29.7 Å².